The largest absolute Gasteiger partial charge is 0.388 e. The highest BCUT2D eigenvalue weighted by Gasteiger charge is 2.31. The van der Waals surface area contributed by atoms with Crippen molar-refractivity contribution >= 4 is 0 Å². The van der Waals surface area contributed by atoms with Crippen molar-refractivity contribution in [3.05, 3.63) is 35.4 Å². The van der Waals surface area contributed by atoms with Gasteiger partial charge >= 0.3 is 0 Å². The summed E-state index contributed by atoms with van der Waals surface area (Å²) in [6.45, 7) is 2.10. The van der Waals surface area contributed by atoms with E-state index in [1.165, 1.54) is 18.2 Å². The first-order valence-electron chi connectivity index (χ1n) is 5.71. The molecule has 1 saturated carbocycles. The van der Waals surface area contributed by atoms with E-state index in [-0.39, 0.29) is 11.5 Å². The summed E-state index contributed by atoms with van der Waals surface area (Å²) >= 11 is 0. The summed E-state index contributed by atoms with van der Waals surface area (Å²) in [5.41, 5.74) is -0.165. The molecular formula is C13H16F2O. The summed E-state index contributed by atoms with van der Waals surface area (Å²) in [5, 5.41) is 10.0. The average Bonchev–Trinajstić information content (AvgIpc) is 2.64. The van der Waals surface area contributed by atoms with Crippen LogP contribution in [0.5, 0.6) is 0 Å². The maximum absolute atomic E-state index is 13.5. The van der Waals surface area contributed by atoms with Crippen LogP contribution in [0.3, 0.4) is 0 Å². The molecule has 3 unspecified atom stereocenters. The highest BCUT2D eigenvalue weighted by atomic mass is 19.1. The molecule has 1 aromatic rings. The Kier molecular flexibility index (Phi) is 3.24. The van der Waals surface area contributed by atoms with Crippen LogP contribution in [-0.2, 0) is 0 Å². The molecule has 2 rings (SSSR count). The van der Waals surface area contributed by atoms with E-state index in [0.717, 1.165) is 19.3 Å². The SMILES string of the molecule is CC1CCC(C(O)c2c(F)cccc2F)C1. The number of rotatable bonds is 2. The predicted molar refractivity (Wildman–Crippen MR) is 57.8 cm³/mol. The Morgan fingerprint density at radius 3 is 2.38 bits per heavy atom. The van der Waals surface area contributed by atoms with Gasteiger partial charge in [-0.25, -0.2) is 8.78 Å². The van der Waals surface area contributed by atoms with Crippen LogP contribution in [0, 0.1) is 23.5 Å². The maximum Gasteiger partial charge on any atom is 0.131 e. The molecule has 0 spiro atoms. The minimum absolute atomic E-state index is 0.0126. The summed E-state index contributed by atoms with van der Waals surface area (Å²) in [6, 6.07) is 3.71. The number of benzene rings is 1. The van der Waals surface area contributed by atoms with Crippen molar-refractivity contribution in [2.24, 2.45) is 11.8 Å². The van der Waals surface area contributed by atoms with Crippen LogP contribution in [0.15, 0.2) is 18.2 Å². The van der Waals surface area contributed by atoms with Gasteiger partial charge in [-0.05, 0) is 36.8 Å². The molecule has 1 aliphatic carbocycles. The standard InChI is InChI=1S/C13H16F2O/c1-8-5-6-9(7-8)13(16)12-10(14)3-2-4-11(12)15/h2-4,8-9,13,16H,5-7H2,1H3. The molecule has 1 aromatic carbocycles. The number of hydrogen-bond acceptors (Lipinski definition) is 1. The van der Waals surface area contributed by atoms with E-state index in [4.69, 9.17) is 0 Å². The van der Waals surface area contributed by atoms with E-state index in [2.05, 4.69) is 6.92 Å². The van der Waals surface area contributed by atoms with Crippen molar-refractivity contribution in [3.8, 4) is 0 Å². The molecule has 1 aliphatic rings. The topological polar surface area (TPSA) is 20.2 Å². The fourth-order valence-corrected chi connectivity index (χ4v) is 2.57. The van der Waals surface area contributed by atoms with Crippen molar-refractivity contribution in [1.82, 2.24) is 0 Å². The number of aliphatic hydroxyl groups excluding tert-OH is 1. The van der Waals surface area contributed by atoms with Gasteiger partial charge in [0.25, 0.3) is 0 Å². The summed E-state index contributed by atoms with van der Waals surface area (Å²) in [6.07, 6.45) is 1.70. The van der Waals surface area contributed by atoms with Gasteiger partial charge in [0, 0.05) is 0 Å². The second-order valence-corrected chi connectivity index (χ2v) is 4.76. The normalized spacial score (nSPS) is 27.0. The molecule has 0 amide bonds. The summed E-state index contributed by atoms with van der Waals surface area (Å²) in [4.78, 5) is 0. The zero-order valence-electron chi connectivity index (χ0n) is 9.29. The van der Waals surface area contributed by atoms with E-state index < -0.39 is 17.7 Å². The summed E-state index contributed by atoms with van der Waals surface area (Å²) in [5.74, 6) is -0.769. The van der Waals surface area contributed by atoms with Crippen LogP contribution in [-0.4, -0.2) is 5.11 Å². The van der Waals surface area contributed by atoms with Gasteiger partial charge < -0.3 is 5.11 Å². The lowest BCUT2D eigenvalue weighted by molar-refractivity contribution is 0.102. The highest BCUT2D eigenvalue weighted by molar-refractivity contribution is 5.22. The van der Waals surface area contributed by atoms with Crippen molar-refractivity contribution < 1.29 is 13.9 Å². The number of halogens is 2. The molecule has 16 heavy (non-hydrogen) atoms. The van der Waals surface area contributed by atoms with Crippen molar-refractivity contribution in [2.75, 3.05) is 0 Å². The van der Waals surface area contributed by atoms with Crippen LogP contribution in [0.25, 0.3) is 0 Å². The molecule has 0 aromatic heterocycles. The molecule has 1 N–H and O–H groups in total. The molecule has 0 heterocycles. The third-order valence-electron chi connectivity index (χ3n) is 3.48. The van der Waals surface area contributed by atoms with Crippen molar-refractivity contribution in [1.29, 1.82) is 0 Å². The highest BCUT2D eigenvalue weighted by Crippen LogP contribution is 2.40. The third kappa shape index (κ3) is 2.09. The van der Waals surface area contributed by atoms with Gasteiger partial charge in [0.05, 0.1) is 11.7 Å². The van der Waals surface area contributed by atoms with Crippen LogP contribution in [0.2, 0.25) is 0 Å². The van der Waals surface area contributed by atoms with Gasteiger partial charge in [0.2, 0.25) is 0 Å². The fraction of sp³-hybridized carbons (Fsp3) is 0.538. The van der Waals surface area contributed by atoms with Gasteiger partial charge in [-0.2, -0.15) is 0 Å². The van der Waals surface area contributed by atoms with E-state index in [9.17, 15) is 13.9 Å². The van der Waals surface area contributed by atoms with Crippen LogP contribution in [0.4, 0.5) is 8.78 Å². The minimum Gasteiger partial charge on any atom is -0.388 e. The van der Waals surface area contributed by atoms with Gasteiger partial charge in [0.15, 0.2) is 0 Å². The van der Waals surface area contributed by atoms with Gasteiger partial charge in [-0.3, -0.25) is 0 Å². The lowest BCUT2D eigenvalue weighted by atomic mass is 9.93. The Balaban J connectivity index is 2.23. The molecule has 0 aliphatic heterocycles. The molecule has 1 fully saturated rings. The monoisotopic (exact) mass is 226 g/mol. The van der Waals surface area contributed by atoms with E-state index in [1.807, 2.05) is 0 Å². The van der Waals surface area contributed by atoms with E-state index in [0.29, 0.717) is 5.92 Å². The number of hydrogen-bond donors (Lipinski definition) is 1. The molecule has 3 heteroatoms. The molecule has 0 saturated heterocycles. The Morgan fingerprint density at radius 1 is 1.25 bits per heavy atom. The number of aliphatic hydroxyl groups is 1. The molecule has 3 atom stereocenters. The van der Waals surface area contributed by atoms with Crippen LogP contribution >= 0.6 is 0 Å². The average molecular weight is 226 g/mol. The fourth-order valence-electron chi connectivity index (χ4n) is 2.57. The van der Waals surface area contributed by atoms with Crippen molar-refractivity contribution in [2.45, 2.75) is 32.3 Å². The summed E-state index contributed by atoms with van der Waals surface area (Å²) in [7, 11) is 0. The van der Waals surface area contributed by atoms with Gasteiger partial charge in [0.1, 0.15) is 11.6 Å². The van der Waals surface area contributed by atoms with E-state index >= 15 is 0 Å². The summed E-state index contributed by atoms with van der Waals surface area (Å²) < 4.78 is 26.9. The predicted octanol–water partition coefficient (Wildman–Crippen LogP) is 3.43. The Hall–Kier alpha value is -0.960. The second-order valence-electron chi connectivity index (χ2n) is 4.76. The lowest BCUT2D eigenvalue weighted by Crippen LogP contribution is -2.13. The van der Waals surface area contributed by atoms with Crippen LogP contribution in [0.1, 0.15) is 37.9 Å². The third-order valence-corrected chi connectivity index (χ3v) is 3.48. The van der Waals surface area contributed by atoms with Crippen LogP contribution < -0.4 is 0 Å². The minimum atomic E-state index is -1.01. The first-order chi connectivity index (χ1) is 7.59. The molecular weight excluding hydrogens is 210 g/mol. The molecule has 1 nitrogen and oxygen atoms in total. The van der Waals surface area contributed by atoms with E-state index in [1.54, 1.807) is 0 Å². The maximum atomic E-state index is 13.5. The lowest BCUT2D eigenvalue weighted by Gasteiger charge is -2.19. The zero-order valence-corrected chi connectivity index (χ0v) is 9.29. The molecule has 0 bridgehead atoms. The Labute approximate surface area is 94.1 Å². The Bertz CT molecular complexity index is 358. The quantitative estimate of drug-likeness (QED) is 0.819. The van der Waals surface area contributed by atoms with Crippen molar-refractivity contribution in [3.63, 3.8) is 0 Å². The Morgan fingerprint density at radius 2 is 1.88 bits per heavy atom. The molecule has 88 valence electrons. The molecule has 0 radical (unpaired) electrons. The van der Waals surface area contributed by atoms with Gasteiger partial charge in [-0.1, -0.05) is 19.4 Å². The first-order valence-corrected chi connectivity index (χ1v) is 5.71. The zero-order chi connectivity index (χ0) is 11.7. The second kappa shape index (κ2) is 4.50. The smallest absolute Gasteiger partial charge is 0.131 e. The van der Waals surface area contributed by atoms with Gasteiger partial charge in [-0.15, -0.1) is 0 Å². The first kappa shape index (κ1) is 11.5.